The largest absolute Gasteiger partial charge is 0.143 e. The minimum absolute atomic E-state index is 0.583. The molecule has 1 aromatic carbocycles. The van der Waals surface area contributed by atoms with Crippen LogP contribution in [0.15, 0.2) is 17.0 Å². The van der Waals surface area contributed by atoms with Gasteiger partial charge in [-0.15, -0.1) is 12.6 Å². The zero-order valence-electron chi connectivity index (χ0n) is 9.76. The minimum Gasteiger partial charge on any atom is -0.143 e. The number of benzene rings is 1. The summed E-state index contributed by atoms with van der Waals surface area (Å²) < 4.78 is 0. The second-order valence-corrected chi connectivity index (χ2v) is 5.08. The second kappa shape index (κ2) is 4.39. The van der Waals surface area contributed by atoms with Gasteiger partial charge in [0.05, 0.1) is 0 Å². The fourth-order valence-electron chi connectivity index (χ4n) is 1.94. The van der Waals surface area contributed by atoms with Crippen LogP contribution in [0.5, 0.6) is 0 Å². The lowest BCUT2D eigenvalue weighted by Crippen LogP contribution is -1.99. The van der Waals surface area contributed by atoms with Crippen molar-refractivity contribution in [3.05, 3.63) is 28.8 Å². The van der Waals surface area contributed by atoms with Crippen molar-refractivity contribution in [2.24, 2.45) is 0 Å². The first-order chi connectivity index (χ1) is 6.43. The van der Waals surface area contributed by atoms with Crippen LogP contribution in [0, 0.1) is 6.92 Å². The summed E-state index contributed by atoms with van der Waals surface area (Å²) in [6.45, 7) is 11.2. The van der Waals surface area contributed by atoms with Crippen LogP contribution in [0.2, 0.25) is 0 Å². The normalized spacial score (nSPS) is 11.4. The predicted molar refractivity (Wildman–Crippen MR) is 66.6 cm³/mol. The molecule has 0 aliphatic heterocycles. The second-order valence-electron chi connectivity index (χ2n) is 4.56. The Hall–Kier alpha value is -0.430. The third-order valence-corrected chi connectivity index (χ3v) is 2.98. The number of hydrogen-bond acceptors (Lipinski definition) is 1. The van der Waals surface area contributed by atoms with Crippen LogP contribution < -0.4 is 0 Å². The third kappa shape index (κ3) is 2.33. The summed E-state index contributed by atoms with van der Waals surface area (Å²) in [5.41, 5.74) is 4.30. The number of rotatable bonds is 2. The summed E-state index contributed by atoms with van der Waals surface area (Å²) in [4.78, 5) is 1.09. The highest BCUT2D eigenvalue weighted by atomic mass is 32.1. The maximum atomic E-state index is 4.46. The Balaban J connectivity index is 3.32. The molecule has 1 rings (SSSR count). The van der Waals surface area contributed by atoms with Gasteiger partial charge in [0.25, 0.3) is 0 Å². The van der Waals surface area contributed by atoms with Crippen molar-refractivity contribution in [2.75, 3.05) is 0 Å². The predicted octanol–water partition coefficient (Wildman–Crippen LogP) is 4.53. The zero-order valence-corrected chi connectivity index (χ0v) is 10.7. The van der Waals surface area contributed by atoms with Gasteiger partial charge < -0.3 is 0 Å². The molecule has 0 bridgehead atoms. The molecular weight excluding hydrogens is 188 g/mol. The van der Waals surface area contributed by atoms with Gasteiger partial charge in [0.15, 0.2) is 0 Å². The molecule has 0 saturated heterocycles. The van der Waals surface area contributed by atoms with Gasteiger partial charge in [-0.1, -0.05) is 27.7 Å². The molecule has 0 saturated carbocycles. The molecule has 1 heteroatoms. The van der Waals surface area contributed by atoms with Gasteiger partial charge in [-0.25, -0.2) is 0 Å². The van der Waals surface area contributed by atoms with Crippen molar-refractivity contribution in [1.29, 1.82) is 0 Å². The molecule has 0 unspecified atom stereocenters. The Morgan fingerprint density at radius 2 is 1.29 bits per heavy atom. The quantitative estimate of drug-likeness (QED) is 0.678. The topological polar surface area (TPSA) is 0 Å². The molecule has 0 aromatic heterocycles. The van der Waals surface area contributed by atoms with E-state index in [0.717, 1.165) is 4.90 Å². The van der Waals surface area contributed by atoms with E-state index in [4.69, 9.17) is 0 Å². The SMILES string of the molecule is Cc1c(C(C)C)cc(S)cc1C(C)C. The smallest absolute Gasteiger partial charge is 0.00458 e. The fraction of sp³-hybridized carbons (Fsp3) is 0.538. The van der Waals surface area contributed by atoms with E-state index in [0.29, 0.717) is 11.8 Å². The molecule has 0 aliphatic carbocycles. The Morgan fingerprint density at radius 3 is 1.57 bits per heavy atom. The van der Waals surface area contributed by atoms with Crippen molar-refractivity contribution >= 4 is 12.6 Å². The number of hydrogen-bond donors (Lipinski definition) is 1. The van der Waals surface area contributed by atoms with E-state index in [2.05, 4.69) is 59.4 Å². The van der Waals surface area contributed by atoms with Gasteiger partial charge in [0.1, 0.15) is 0 Å². The van der Waals surface area contributed by atoms with Crippen LogP contribution in [-0.2, 0) is 0 Å². The van der Waals surface area contributed by atoms with E-state index in [9.17, 15) is 0 Å². The van der Waals surface area contributed by atoms with Gasteiger partial charge in [-0.2, -0.15) is 0 Å². The van der Waals surface area contributed by atoms with Gasteiger partial charge >= 0.3 is 0 Å². The van der Waals surface area contributed by atoms with Crippen LogP contribution in [0.3, 0.4) is 0 Å². The minimum atomic E-state index is 0.583. The van der Waals surface area contributed by atoms with Crippen LogP contribution >= 0.6 is 12.6 Å². The van der Waals surface area contributed by atoms with E-state index in [-0.39, 0.29) is 0 Å². The van der Waals surface area contributed by atoms with Gasteiger partial charge in [0.2, 0.25) is 0 Å². The first-order valence-electron chi connectivity index (χ1n) is 5.27. The maximum Gasteiger partial charge on any atom is 0.00458 e. The van der Waals surface area contributed by atoms with Crippen molar-refractivity contribution < 1.29 is 0 Å². The monoisotopic (exact) mass is 208 g/mol. The fourth-order valence-corrected chi connectivity index (χ4v) is 2.22. The Labute approximate surface area is 93.1 Å². The summed E-state index contributed by atoms with van der Waals surface area (Å²) in [5.74, 6) is 1.17. The summed E-state index contributed by atoms with van der Waals surface area (Å²) >= 11 is 4.46. The standard InChI is InChI=1S/C13H20S/c1-8(2)12-6-11(14)7-13(9(3)4)10(12)5/h6-9,14H,1-5H3. The highest BCUT2D eigenvalue weighted by Crippen LogP contribution is 2.29. The van der Waals surface area contributed by atoms with Crippen molar-refractivity contribution in [3.8, 4) is 0 Å². The third-order valence-electron chi connectivity index (χ3n) is 2.72. The number of thiol groups is 1. The maximum absolute atomic E-state index is 4.46. The molecular formula is C13H20S. The van der Waals surface area contributed by atoms with E-state index in [1.165, 1.54) is 16.7 Å². The molecule has 0 amide bonds. The molecule has 14 heavy (non-hydrogen) atoms. The molecule has 0 N–H and O–H groups in total. The van der Waals surface area contributed by atoms with Crippen molar-refractivity contribution in [3.63, 3.8) is 0 Å². The highest BCUT2D eigenvalue weighted by Gasteiger charge is 2.11. The lowest BCUT2D eigenvalue weighted by molar-refractivity contribution is 0.810. The molecule has 0 spiro atoms. The van der Waals surface area contributed by atoms with E-state index in [1.807, 2.05) is 0 Å². The summed E-state index contributed by atoms with van der Waals surface area (Å²) in [6.07, 6.45) is 0. The summed E-state index contributed by atoms with van der Waals surface area (Å²) in [5, 5.41) is 0. The Morgan fingerprint density at radius 1 is 0.929 bits per heavy atom. The highest BCUT2D eigenvalue weighted by molar-refractivity contribution is 7.80. The molecule has 0 fully saturated rings. The van der Waals surface area contributed by atoms with E-state index in [1.54, 1.807) is 0 Å². The zero-order chi connectivity index (χ0) is 10.9. The molecule has 78 valence electrons. The van der Waals surface area contributed by atoms with Gasteiger partial charge in [-0.3, -0.25) is 0 Å². The van der Waals surface area contributed by atoms with Gasteiger partial charge in [-0.05, 0) is 47.6 Å². The van der Waals surface area contributed by atoms with Crippen molar-refractivity contribution in [1.82, 2.24) is 0 Å². The van der Waals surface area contributed by atoms with Crippen LogP contribution in [0.4, 0.5) is 0 Å². The lowest BCUT2D eigenvalue weighted by Gasteiger charge is -2.17. The Kier molecular flexibility index (Phi) is 3.65. The lowest BCUT2D eigenvalue weighted by atomic mass is 9.90. The van der Waals surface area contributed by atoms with E-state index >= 15 is 0 Å². The van der Waals surface area contributed by atoms with Crippen LogP contribution in [0.1, 0.15) is 56.2 Å². The molecule has 0 atom stereocenters. The van der Waals surface area contributed by atoms with E-state index < -0.39 is 0 Å². The Bertz CT molecular complexity index is 295. The van der Waals surface area contributed by atoms with Crippen molar-refractivity contribution in [2.45, 2.75) is 51.3 Å². The molecule has 0 heterocycles. The summed E-state index contributed by atoms with van der Waals surface area (Å²) in [7, 11) is 0. The summed E-state index contributed by atoms with van der Waals surface area (Å²) in [6, 6.07) is 4.38. The van der Waals surface area contributed by atoms with Crippen LogP contribution in [0.25, 0.3) is 0 Å². The van der Waals surface area contributed by atoms with Gasteiger partial charge in [0, 0.05) is 4.90 Å². The average molecular weight is 208 g/mol. The van der Waals surface area contributed by atoms with Crippen LogP contribution in [-0.4, -0.2) is 0 Å². The molecule has 0 nitrogen and oxygen atoms in total. The first-order valence-corrected chi connectivity index (χ1v) is 5.71. The molecule has 1 aromatic rings. The molecule has 0 radical (unpaired) electrons. The first kappa shape index (κ1) is 11.6. The molecule has 0 aliphatic rings. The average Bonchev–Trinajstić information content (AvgIpc) is 2.07.